The van der Waals surface area contributed by atoms with Crippen molar-refractivity contribution in [2.45, 2.75) is 18.7 Å². The van der Waals surface area contributed by atoms with Crippen molar-refractivity contribution in [1.29, 1.82) is 0 Å². The summed E-state index contributed by atoms with van der Waals surface area (Å²) in [6.45, 7) is 2.86. The molecule has 1 heterocycles. The first kappa shape index (κ1) is 5.61. The Morgan fingerprint density at radius 1 is 1.71 bits per heavy atom. The average molecular weight is 164 g/mol. The van der Waals surface area contributed by atoms with Crippen LogP contribution in [0.25, 0.3) is 0 Å². The fraction of sp³-hybridized carbons (Fsp3) is 1.00. The van der Waals surface area contributed by atoms with E-state index in [1.54, 1.807) is 0 Å². The maximum absolute atomic E-state index is 5.28. The molecule has 0 aromatic rings. The van der Waals surface area contributed by atoms with Gasteiger partial charge in [0.25, 0.3) is 0 Å². The number of hydrogen-bond acceptors (Lipinski definition) is 2. The van der Waals surface area contributed by atoms with E-state index in [4.69, 9.17) is 7.45 Å². The van der Waals surface area contributed by atoms with Crippen LogP contribution in [-0.4, -0.2) is 28.0 Å². The Morgan fingerprint density at radius 3 is 2.57 bits per heavy atom. The van der Waals surface area contributed by atoms with Crippen LogP contribution in [-0.2, 0) is 7.45 Å². The Bertz CT molecular complexity index is 58.7. The molecule has 2 unspecified atom stereocenters. The molecule has 7 heavy (non-hydrogen) atoms. The molecule has 0 radical (unpaired) electrons. The molecule has 42 valence electrons. The molecule has 0 spiro atoms. The van der Waals surface area contributed by atoms with Gasteiger partial charge in [0.1, 0.15) is 0 Å². The molecule has 0 aliphatic carbocycles. The molecule has 3 heteroatoms. The van der Waals surface area contributed by atoms with Crippen LogP contribution in [0.1, 0.15) is 6.92 Å². The van der Waals surface area contributed by atoms with E-state index in [0.29, 0.717) is 6.10 Å². The minimum atomic E-state index is -1.16. The zero-order valence-electron chi connectivity index (χ0n) is 4.55. The van der Waals surface area contributed by atoms with E-state index >= 15 is 0 Å². The van der Waals surface area contributed by atoms with Crippen molar-refractivity contribution in [1.82, 2.24) is 0 Å². The zero-order valence-corrected chi connectivity index (χ0v) is 6.42. The molecule has 0 saturated carbocycles. The molecule has 0 amide bonds. The molecule has 1 rings (SSSR count). The van der Waals surface area contributed by atoms with Gasteiger partial charge in [-0.15, -0.1) is 0 Å². The molecular formula is C4H9AsO2. The molecule has 0 aromatic carbocycles. The van der Waals surface area contributed by atoms with Gasteiger partial charge in [-0.25, -0.2) is 0 Å². The number of hydrogen-bond donors (Lipinski definition) is 0. The van der Waals surface area contributed by atoms with Gasteiger partial charge < -0.3 is 0 Å². The average Bonchev–Trinajstić information content (AvgIpc) is 1.87. The van der Waals surface area contributed by atoms with Crippen molar-refractivity contribution in [3.05, 3.63) is 0 Å². The van der Waals surface area contributed by atoms with Crippen molar-refractivity contribution in [2.24, 2.45) is 0 Å². The van der Waals surface area contributed by atoms with Crippen molar-refractivity contribution in [2.75, 3.05) is 6.61 Å². The van der Waals surface area contributed by atoms with Crippen LogP contribution < -0.4 is 0 Å². The van der Waals surface area contributed by atoms with E-state index in [1.807, 2.05) is 6.92 Å². The molecule has 1 fully saturated rings. The van der Waals surface area contributed by atoms with Crippen molar-refractivity contribution >= 4 is 15.3 Å². The predicted molar refractivity (Wildman–Crippen MR) is 28.1 cm³/mol. The van der Waals surface area contributed by atoms with E-state index in [1.165, 1.54) is 0 Å². The van der Waals surface area contributed by atoms with Gasteiger partial charge in [0.2, 0.25) is 0 Å². The maximum atomic E-state index is 5.28. The summed E-state index contributed by atoms with van der Waals surface area (Å²) >= 11 is -1.16. The molecule has 0 aromatic heterocycles. The van der Waals surface area contributed by atoms with Crippen LogP contribution in [0.15, 0.2) is 0 Å². The minimum absolute atomic E-state index is 0.366. The first-order valence-electron chi connectivity index (χ1n) is 2.32. The van der Waals surface area contributed by atoms with Crippen LogP contribution >= 0.6 is 0 Å². The van der Waals surface area contributed by atoms with E-state index in [2.05, 4.69) is 5.71 Å². The van der Waals surface area contributed by atoms with Crippen LogP contribution in [0.5, 0.6) is 0 Å². The Hall–Kier alpha value is 0.478. The first-order chi connectivity index (χ1) is 3.29. The van der Waals surface area contributed by atoms with Crippen molar-refractivity contribution in [3.8, 4) is 0 Å². The first-order valence-corrected chi connectivity index (χ1v) is 5.73. The van der Waals surface area contributed by atoms with Gasteiger partial charge in [0.15, 0.2) is 0 Å². The third-order valence-corrected chi connectivity index (χ3v) is 3.27. The van der Waals surface area contributed by atoms with Gasteiger partial charge in [-0.3, -0.25) is 0 Å². The fourth-order valence-corrected chi connectivity index (χ4v) is 2.72. The summed E-state index contributed by atoms with van der Waals surface area (Å²) in [5.74, 6) is 0. The summed E-state index contributed by atoms with van der Waals surface area (Å²) in [5.41, 5.74) is 2.05. The van der Waals surface area contributed by atoms with E-state index in [9.17, 15) is 0 Å². The SMILES string of the molecule is CC1CO[As](C)O1. The Labute approximate surface area is 48.8 Å². The monoisotopic (exact) mass is 164 g/mol. The van der Waals surface area contributed by atoms with Crippen LogP contribution in [0.3, 0.4) is 0 Å². The zero-order chi connectivity index (χ0) is 5.28. The summed E-state index contributed by atoms with van der Waals surface area (Å²) in [7, 11) is 0. The van der Waals surface area contributed by atoms with Gasteiger partial charge in [0, 0.05) is 0 Å². The standard InChI is InChI=1S/C4H9AsO2/c1-4-3-6-5(2)7-4/h4H,3H2,1-2H3. The van der Waals surface area contributed by atoms with E-state index in [0.717, 1.165) is 6.61 Å². The summed E-state index contributed by atoms with van der Waals surface area (Å²) in [5, 5.41) is 0. The molecular weight excluding hydrogens is 155 g/mol. The van der Waals surface area contributed by atoms with E-state index in [-0.39, 0.29) is 0 Å². The van der Waals surface area contributed by atoms with Crippen LogP contribution in [0.4, 0.5) is 0 Å². The van der Waals surface area contributed by atoms with Crippen molar-refractivity contribution in [3.63, 3.8) is 0 Å². The summed E-state index contributed by atoms with van der Waals surface area (Å²) in [4.78, 5) is 0. The van der Waals surface area contributed by atoms with Crippen LogP contribution in [0, 0.1) is 0 Å². The Morgan fingerprint density at radius 2 is 2.43 bits per heavy atom. The van der Waals surface area contributed by atoms with Gasteiger partial charge >= 0.3 is 48.1 Å². The topological polar surface area (TPSA) is 18.5 Å². The predicted octanol–water partition coefficient (Wildman–Crippen LogP) is 0.540. The second kappa shape index (κ2) is 2.16. The second-order valence-electron chi connectivity index (χ2n) is 1.65. The van der Waals surface area contributed by atoms with Gasteiger partial charge in [-0.2, -0.15) is 0 Å². The Balaban J connectivity index is 2.26. The molecule has 1 saturated heterocycles. The second-order valence-corrected chi connectivity index (χ2v) is 4.48. The molecule has 0 N–H and O–H groups in total. The Kier molecular flexibility index (Phi) is 1.74. The molecule has 1 aliphatic rings. The third kappa shape index (κ3) is 1.45. The third-order valence-electron chi connectivity index (χ3n) is 0.819. The van der Waals surface area contributed by atoms with Gasteiger partial charge in [-0.05, 0) is 0 Å². The van der Waals surface area contributed by atoms with Crippen molar-refractivity contribution < 1.29 is 7.45 Å². The summed E-state index contributed by atoms with van der Waals surface area (Å²) in [6, 6.07) is 0. The van der Waals surface area contributed by atoms with Crippen LogP contribution in [0.2, 0.25) is 5.71 Å². The van der Waals surface area contributed by atoms with Gasteiger partial charge in [-0.1, -0.05) is 0 Å². The summed E-state index contributed by atoms with van der Waals surface area (Å²) < 4.78 is 10.5. The molecule has 2 nitrogen and oxygen atoms in total. The molecule has 2 atom stereocenters. The molecule has 1 aliphatic heterocycles. The molecule has 0 bridgehead atoms. The normalized spacial score (nSPS) is 42.0. The van der Waals surface area contributed by atoms with E-state index < -0.39 is 15.3 Å². The summed E-state index contributed by atoms with van der Waals surface area (Å²) in [6.07, 6.45) is 0.366. The fourth-order valence-electron chi connectivity index (χ4n) is 0.524. The quantitative estimate of drug-likeness (QED) is 0.486. The number of rotatable bonds is 0. The van der Waals surface area contributed by atoms with Gasteiger partial charge in [0.05, 0.1) is 0 Å².